The largest absolute Gasteiger partial charge is 0.396 e. The van der Waals surface area contributed by atoms with Crippen molar-refractivity contribution >= 4 is 0 Å². The quantitative estimate of drug-likeness (QED) is 0.468. The second-order valence-corrected chi connectivity index (χ2v) is 3.24. The summed E-state index contributed by atoms with van der Waals surface area (Å²) in [7, 11) is 1.63. The van der Waals surface area contributed by atoms with E-state index in [1.165, 1.54) is 0 Å². The predicted octanol–water partition coefficient (Wildman–Crippen LogP) is -0.343. The normalized spacial score (nSPS) is 11.2. The van der Waals surface area contributed by atoms with Crippen LogP contribution in [0.1, 0.15) is 6.42 Å². The smallest absolute Gasteiger partial charge is 0.0701 e. The van der Waals surface area contributed by atoms with Gasteiger partial charge in [-0.05, 0) is 6.42 Å². The van der Waals surface area contributed by atoms with E-state index in [0.717, 1.165) is 0 Å². The second-order valence-electron chi connectivity index (χ2n) is 3.24. The standard InChI is InChI=1S/C10H22O5/c1-13-4-5-15-7-6-14-3-2-10(8-11)9-12/h10-12H,2-9H2,1H3. The van der Waals surface area contributed by atoms with Crippen molar-refractivity contribution in [3.8, 4) is 0 Å². The average Bonchev–Trinajstić information content (AvgIpc) is 2.27. The van der Waals surface area contributed by atoms with Crippen molar-refractivity contribution in [3.05, 3.63) is 0 Å². The summed E-state index contributed by atoms with van der Waals surface area (Å²) in [5.74, 6) is -0.0700. The van der Waals surface area contributed by atoms with E-state index < -0.39 is 0 Å². The van der Waals surface area contributed by atoms with Crippen molar-refractivity contribution in [2.45, 2.75) is 6.42 Å². The predicted molar refractivity (Wildman–Crippen MR) is 55.8 cm³/mol. The molecule has 0 atom stereocenters. The molecule has 0 aromatic carbocycles. The van der Waals surface area contributed by atoms with Crippen LogP contribution < -0.4 is 0 Å². The van der Waals surface area contributed by atoms with Crippen molar-refractivity contribution in [3.63, 3.8) is 0 Å². The molecule has 0 radical (unpaired) electrons. The van der Waals surface area contributed by atoms with Gasteiger partial charge < -0.3 is 24.4 Å². The summed E-state index contributed by atoms with van der Waals surface area (Å²) >= 11 is 0. The first-order valence-electron chi connectivity index (χ1n) is 5.21. The Morgan fingerprint density at radius 1 is 0.867 bits per heavy atom. The molecule has 0 bridgehead atoms. The monoisotopic (exact) mass is 222 g/mol. The highest BCUT2D eigenvalue weighted by atomic mass is 16.5. The van der Waals surface area contributed by atoms with Crippen LogP contribution in [0.2, 0.25) is 0 Å². The lowest BCUT2D eigenvalue weighted by Crippen LogP contribution is -2.15. The first kappa shape index (κ1) is 14.8. The summed E-state index contributed by atoms with van der Waals surface area (Å²) in [6.45, 7) is 2.81. The van der Waals surface area contributed by atoms with Gasteiger partial charge in [-0.2, -0.15) is 0 Å². The Morgan fingerprint density at radius 3 is 1.93 bits per heavy atom. The number of ether oxygens (including phenoxy) is 3. The summed E-state index contributed by atoms with van der Waals surface area (Å²) in [5.41, 5.74) is 0. The lowest BCUT2D eigenvalue weighted by molar-refractivity contribution is 0.0174. The first-order valence-corrected chi connectivity index (χ1v) is 5.21. The van der Waals surface area contributed by atoms with Gasteiger partial charge in [-0.25, -0.2) is 0 Å². The number of aliphatic hydroxyl groups is 2. The van der Waals surface area contributed by atoms with Gasteiger partial charge in [-0.15, -0.1) is 0 Å². The van der Waals surface area contributed by atoms with E-state index in [2.05, 4.69) is 0 Å². The molecule has 0 fully saturated rings. The van der Waals surface area contributed by atoms with Gasteiger partial charge >= 0.3 is 0 Å². The Bertz CT molecular complexity index is 116. The third-order valence-corrected chi connectivity index (χ3v) is 1.99. The number of aliphatic hydroxyl groups excluding tert-OH is 2. The molecule has 0 aliphatic carbocycles. The molecule has 0 heterocycles. The van der Waals surface area contributed by atoms with E-state index in [0.29, 0.717) is 39.5 Å². The lowest BCUT2D eigenvalue weighted by Gasteiger charge is -2.10. The van der Waals surface area contributed by atoms with Crippen molar-refractivity contribution in [2.24, 2.45) is 5.92 Å². The van der Waals surface area contributed by atoms with Crippen LogP contribution in [-0.2, 0) is 14.2 Å². The van der Waals surface area contributed by atoms with Crippen molar-refractivity contribution < 1.29 is 24.4 Å². The summed E-state index contributed by atoms with van der Waals surface area (Å²) in [6, 6.07) is 0. The van der Waals surface area contributed by atoms with E-state index in [1.807, 2.05) is 0 Å². The molecule has 0 amide bonds. The summed E-state index contributed by atoms with van der Waals surface area (Å²) in [5, 5.41) is 17.5. The molecule has 0 saturated carbocycles. The molecular formula is C10H22O5. The van der Waals surface area contributed by atoms with Gasteiger partial charge in [0.2, 0.25) is 0 Å². The molecule has 0 aromatic rings. The molecule has 2 N–H and O–H groups in total. The maximum Gasteiger partial charge on any atom is 0.0701 e. The number of methoxy groups -OCH3 is 1. The minimum Gasteiger partial charge on any atom is -0.396 e. The van der Waals surface area contributed by atoms with Crippen LogP contribution >= 0.6 is 0 Å². The molecule has 5 heteroatoms. The van der Waals surface area contributed by atoms with Gasteiger partial charge in [-0.3, -0.25) is 0 Å². The zero-order valence-corrected chi connectivity index (χ0v) is 9.35. The minimum absolute atomic E-state index is 0.00417. The fourth-order valence-electron chi connectivity index (χ4n) is 0.955. The van der Waals surface area contributed by atoms with Crippen LogP contribution in [0.4, 0.5) is 0 Å². The Labute approximate surface area is 91.0 Å². The van der Waals surface area contributed by atoms with Crippen LogP contribution in [0, 0.1) is 5.92 Å². The third kappa shape index (κ3) is 10.1. The molecule has 0 spiro atoms. The van der Waals surface area contributed by atoms with E-state index in [-0.39, 0.29) is 19.1 Å². The summed E-state index contributed by atoms with van der Waals surface area (Å²) < 4.78 is 15.3. The number of rotatable bonds is 11. The molecule has 0 aliphatic heterocycles. The Hall–Kier alpha value is -0.200. The van der Waals surface area contributed by atoms with Crippen LogP contribution in [0.3, 0.4) is 0 Å². The average molecular weight is 222 g/mol. The maximum atomic E-state index is 8.77. The molecule has 5 nitrogen and oxygen atoms in total. The highest BCUT2D eigenvalue weighted by Gasteiger charge is 2.04. The minimum atomic E-state index is -0.0700. The molecule has 0 aliphatic rings. The lowest BCUT2D eigenvalue weighted by atomic mass is 10.1. The van der Waals surface area contributed by atoms with Crippen molar-refractivity contribution in [2.75, 3.05) is 53.4 Å². The van der Waals surface area contributed by atoms with Crippen molar-refractivity contribution in [1.82, 2.24) is 0 Å². The zero-order valence-electron chi connectivity index (χ0n) is 9.35. The molecule has 0 unspecified atom stereocenters. The Balaban J connectivity index is 3.04. The number of hydrogen-bond donors (Lipinski definition) is 2. The van der Waals surface area contributed by atoms with Crippen molar-refractivity contribution in [1.29, 1.82) is 0 Å². The van der Waals surface area contributed by atoms with Crippen LogP contribution in [0.25, 0.3) is 0 Å². The Morgan fingerprint density at radius 2 is 1.40 bits per heavy atom. The summed E-state index contributed by atoms with van der Waals surface area (Å²) in [4.78, 5) is 0. The van der Waals surface area contributed by atoms with Gasteiger partial charge in [0.05, 0.1) is 26.4 Å². The molecule has 15 heavy (non-hydrogen) atoms. The first-order chi connectivity index (χ1) is 7.35. The van der Waals surface area contributed by atoms with Crippen LogP contribution in [-0.4, -0.2) is 63.6 Å². The van der Waals surface area contributed by atoms with E-state index in [1.54, 1.807) is 7.11 Å². The van der Waals surface area contributed by atoms with E-state index in [4.69, 9.17) is 24.4 Å². The fourth-order valence-corrected chi connectivity index (χ4v) is 0.955. The number of hydrogen-bond acceptors (Lipinski definition) is 5. The molecule has 0 saturated heterocycles. The molecule has 92 valence electrons. The zero-order chi connectivity index (χ0) is 11.4. The van der Waals surface area contributed by atoms with Crippen LogP contribution in [0.15, 0.2) is 0 Å². The topological polar surface area (TPSA) is 68.2 Å². The second kappa shape index (κ2) is 11.9. The van der Waals surface area contributed by atoms with E-state index >= 15 is 0 Å². The van der Waals surface area contributed by atoms with Crippen LogP contribution in [0.5, 0.6) is 0 Å². The maximum absolute atomic E-state index is 8.77. The molecule has 0 rings (SSSR count). The molecular weight excluding hydrogens is 200 g/mol. The van der Waals surface area contributed by atoms with Gasteiger partial charge in [0.25, 0.3) is 0 Å². The highest BCUT2D eigenvalue weighted by molar-refractivity contribution is 4.53. The highest BCUT2D eigenvalue weighted by Crippen LogP contribution is 2.00. The Kier molecular flexibility index (Phi) is 11.7. The van der Waals surface area contributed by atoms with Gasteiger partial charge in [0.1, 0.15) is 0 Å². The van der Waals surface area contributed by atoms with E-state index in [9.17, 15) is 0 Å². The van der Waals surface area contributed by atoms with Gasteiger partial charge in [0.15, 0.2) is 0 Å². The molecule has 0 aromatic heterocycles. The van der Waals surface area contributed by atoms with Gasteiger partial charge in [0, 0.05) is 32.8 Å². The fraction of sp³-hybridized carbons (Fsp3) is 1.00. The van der Waals surface area contributed by atoms with Gasteiger partial charge in [-0.1, -0.05) is 0 Å². The SMILES string of the molecule is COCCOCCOCCC(CO)CO. The summed E-state index contributed by atoms with van der Waals surface area (Å²) in [6.07, 6.45) is 0.672. The third-order valence-electron chi connectivity index (χ3n) is 1.99.